The maximum Gasteiger partial charge on any atom is 0.258 e. The van der Waals surface area contributed by atoms with Gasteiger partial charge in [0.15, 0.2) is 0 Å². The van der Waals surface area contributed by atoms with Gasteiger partial charge in [0, 0.05) is 15.1 Å². The summed E-state index contributed by atoms with van der Waals surface area (Å²) in [7, 11) is -8.46. The molecule has 4 rings (SSSR count). The molecule has 0 bridgehead atoms. The third-order valence-electron chi connectivity index (χ3n) is 4.52. The van der Waals surface area contributed by atoms with E-state index in [0.29, 0.717) is 16.1 Å². The van der Waals surface area contributed by atoms with Crippen LogP contribution >= 0.6 is 27.5 Å². The first-order valence-corrected chi connectivity index (χ1v) is 13.5. The van der Waals surface area contributed by atoms with Crippen molar-refractivity contribution in [3.8, 4) is 11.5 Å². The van der Waals surface area contributed by atoms with Gasteiger partial charge >= 0.3 is 0 Å². The monoisotopic (exact) mass is 551 g/mol. The van der Waals surface area contributed by atoms with Gasteiger partial charge in [0.05, 0.1) is 10.6 Å². The molecule has 0 aliphatic heterocycles. The predicted octanol–water partition coefficient (Wildman–Crippen LogP) is 5.56. The number of benzene rings is 3. The molecule has 0 N–H and O–H groups in total. The Hall–Kier alpha value is -2.46. The van der Waals surface area contributed by atoms with E-state index in [1.807, 2.05) is 0 Å². The molecule has 164 valence electrons. The van der Waals surface area contributed by atoms with E-state index in [2.05, 4.69) is 20.9 Å². The van der Waals surface area contributed by atoms with E-state index in [1.165, 1.54) is 12.1 Å². The highest BCUT2D eigenvalue weighted by molar-refractivity contribution is 9.10. The largest absolute Gasteiger partial charge is 0.423 e. The van der Waals surface area contributed by atoms with Crippen molar-refractivity contribution >= 4 is 47.2 Å². The Morgan fingerprint density at radius 1 is 0.844 bits per heavy atom. The SMILES string of the molecule is O=S(=O)(Cc1ccc(Br)cc1)c1oc(-c2ccc(Cl)cc2)nc1S(=O)(=O)c1ccccc1. The van der Waals surface area contributed by atoms with E-state index in [4.69, 9.17) is 16.0 Å². The minimum Gasteiger partial charge on any atom is -0.423 e. The van der Waals surface area contributed by atoms with Gasteiger partial charge in [0.2, 0.25) is 30.6 Å². The highest BCUT2D eigenvalue weighted by Crippen LogP contribution is 2.33. The summed E-state index contributed by atoms with van der Waals surface area (Å²) in [5, 5.41) is -0.888. The van der Waals surface area contributed by atoms with Gasteiger partial charge < -0.3 is 4.42 Å². The fourth-order valence-electron chi connectivity index (χ4n) is 2.95. The smallest absolute Gasteiger partial charge is 0.258 e. The van der Waals surface area contributed by atoms with Crippen molar-refractivity contribution in [2.24, 2.45) is 0 Å². The molecule has 0 aliphatic carbocycles. The molecule has 0 amide bonds. The first kappa shape index (κ1) is 22.7. The van der Waals surface area contributed by atoms with Crippen LogP contribution in [-0.2, 0) is 25.4 Å². The highest BCUT2D eigenvalue weighted by Gasteiger charge is 2.35. The molecule has 10 heteroatoms. The van der Waals surface area contributed by atoms with Crippen molar-refractivity contribution in [2.75, 3.05) is 0 Å². The van der Waals surface area contributed by atoms with Crippen molar-refractivity contribution in [3.63, 3.8) is 0 Å². The standard InChI is InChI=1S/C22H15BrClNO5S2/c23-17-10-6-15(7-11-17)14-31(26,27)22-21(32(28,29)19-4-2-1-3-5-19)25-20(30-22)16-8-12-18(24)13-9-16/h1-13H,14H2. The van der Waals surface area contributed by atoms with Gasteiger partial charge in [-0.05, 0) is 54.1 Å². The maximum absolute atomic E-state index is 13.3. The molecule has 0 fully saturated rings. The molecule has 0 saturated heterocycles. The van der Waals surface area contributed by atoms with Gasteiger partial charge in [-0.1, -0.05) is 57.9 Å². The Bertz CT molecular complexity index is 1470. The van der Waals surface area contributed by atoms with E-state index in [9.17, 15) is 16.8 Å². The van der Waals surface area contributed by atoms with Crippen LogP contribution in [0.2, 0.25) is 5.02 Å². The Morgan fingerprint density at radius 2 is 1.47 bits per heavy atom. The quantitative estimate of drug-likeness (QED) is 0.311. The number of nitrogens with zero attached hydrogens (tertiary/aromatic N) is 1. The number of aromatic nitrogens is 1. The average molecular weight is 553 g/mol. The van der Waals surface area contributed by atoms with E-state index >= 15 is 0 Å². The summed E-state index contributed by atoms with van der Waals surface area (Å²) in [6.07, 6.45) is 0. The number of rotatable bonds is 6. The van der Waals surface area contributed by atoms with Crippen LogP contribution in [0, 0.1) is 0 Å². The lowest BCUT2D eigenvalue weighted by molar-refractivity contribution is 0.444. The molecule has 32 heavy (non-hydrogen) atoms. The fourth-order valence-corrected chi connectivity index (χ4v) is 6.53. The molecule has 0 radical (unpaired) electrons. The van der Waals surface area contributed by atoms with Gasteiger partial charge in [-0.2, -0.15) is 4.98 Å². The molecule has 6 nitrogen and oxygen atoms in total. The van der Waals surface area contributed by atoms with Crippen LogP contribution in [0.3, 0.4) is 0 Å². The normalized spacial score (nSPS) is 12.1. The molecule has 0 saturated carbocycles. The van der Waals surface area contributed by atoms with Crippen LogP contribution in [0.1, 0.15) is 5.56 Å². The Morgan fingerprint density at radius 3 is 2.09 bits per heavy atom. The van der Waals surface area contributed by atoms with E-state index in [1.54, 1.807) is 66.7 Å². The Labute approximate surface area is 198 Å². The molecule has 4 aromatic rings. The van der Waals surface area contributed by atoms with Gasteiger partial charge in [0.25, 0.3) is 5.09 Å². The minimum absolute atomic E-state index is 0.0870. The van der Waals surface area contributed by atoms with E-state index < -0.39 is 35.5 Å². The summed E-state index contributed by atoms with van der Waals surface area (Å²) in [4.78, 5) is 4.01. The lowest BCUT2D eigenvalue weighted by Gasteiger charge is -2.05. The maximum atomic E-state index is 13.3. The topological polar surface area (TPSA) is 94.3 Å². The van der Waals surface area contributed by atoms with Crippen LogP contribution in [0.25, 0.3) is 11.5 Å². The second-order valence-electron chi connectivity index (χ2n) is 6.82. The van der Waals surface area contributed by atoms with Crippen molar-refractivity contribution in [2.45, 2.75) is 20.8 Å². The number of hydrogen-bond donors (Lipinski definition) is 0. The summed E-state index contributed by atoms with van der Waals surface area (Å²) < 4.78 is 59.4. The zero-order chi connectivity index (χ0) is 22.9. The number of oxazole rings is 1. The molecular formula is C22H15BrClNO5S2. The van der Waals surface area contributed by atoms with Gasteiger partial charge in [-0.25, -0.2) is 16.8 Å². The number of halogens is 2. The molecule has 1 aromatic heterocycles. The summed E-state index contributed by atoms with van der Waals surface area (Å²) in [5.74, 6) is -0.585. The van der Waals surface area contributed by atoms with Crippen molar-refractivity contribution < 1.29 is 21.3 Å². The predicted molar refractivity (Wildman–Crippen MR) is 124 cm³/mol. The van der Waals surface area contributed by atoms with Crippen LogP contribution < -0.4 is 0 Å². The van der Waals surface area contributed by atoms with E-state index in [0.717, 1.165) is 4.47 Å². The minimum atomic E-state index is -4.26. The third-order valence-corrected chi connectivity index (χ3v) is 8.66. The highest BCUT2D eigenvalue weighted by atomic mass is 79.9. The lowest BCUT2D eigenvalue weighted by Crippen LogP contribution is -2.11. The van der Waals surface area contributed by atoms with Crippen molar-refractivity contribution in [1.29, 1.82) is 0 Å². The van der Waals surface area contributed by atoms with Gasteiger partial charge in [-0.15, -0.1) is 0 Å². The Kier molecular flexibility index (Phi) is 6.26. The Balaban J connectivity index is 1.88. The second-order valence-corrected chi connectivity index (χ2v) is 11.9. The zero-order valence-corrected chi connectivity index (χ0v) is 20.2. The van der Waals surface area contributed by atoms with Crippen LogP contribution in [0.5, 0.6) is 0 Å². The lowest BCUT2D eigenvalue weighted by atomic mass is 10.2. The van der Waals surface area contributed by atoms with Crippen LogP contribution in [0.4, 0.5) is 0 Å². The first-order chi connectivity index (χ1) is 15.2. The zero-order valence-electron chi connectivity index (χ0n) is 16.3. The number of hydrogen-bond acceptors (Lipinski definition) is 6. The molecular weight excluding hydrogens is 538 g/mol. The fraction of sp³-hybridized carbons (Fsp3) is 0.0455. The van der Waals surface area contributed by atoms with E-state index in [-0.39, 0.29) is 10.8 Å². The summed E-state index contributed by atoms with van der Waals surface area (Å²) in [6.45, 7) is 0. The molecule has 0 atom stereocenters. The van der Waals surface area contributed by atoms with Gasteiger partial charge in [-0.3, -0.25) is 0 Å². The van der Waals surface area contributed by atoms with Crippen LogP contribution in [-0.4, -0.2) is 21.8 Å². The summed E-state index contributed by atoms with van der Waals surface area (Å²) in [5.41, 5.74) is 0.865. The second kappa shape index (κ2) is 8.82. The van der Waals surface area contributed by atoms with Crippen molar-refractivity contribution in [3.05, 3.63) is 93.9 Å². The average Bonchev–Trinajstić information content (AvgIpc) is 3.24. The molecule has 1 heterocycles. The summed E-state index contributed by atoms with van der Waals surface area (Å²) >= 11 is 9.22. The molecule has 0 unspecified atom stereocenters. The molecule has 0 aliphatic rings. The number of sulfone groups is 2. The summed E-state index contributed by atoms with van der Waals surface area (Å²) in [6, 6.07) is 20.4. The first-order valence-electron chi connectivity index (χ1n) is 9.21. The van der Waals surface area contributed by atoms with Crippen molar-refractivity contribution in [1.82, 2.24) is 4.98 Å². The van der Waals surface area contributed by atoms with Crippen LogP contribution in [0.15, 0.2) is 103 Å². The third kappa shape index (κ3) is 4.66. The molecule has 0 spiro atoms. The van der Waals surface area contributed by atoms with Gasteiger partial charge in [0.1, 0.15) is 0 Å². The molecule has 3 aromatic carbocycles.